The van der Waals surface area contributed by atoms with Crippen molar-refractivity contribution in [2.24, 2.45) is 5.73 Å². The van der Waals surface area contributed by atoms with Crippen LogP contribution in [0.4, 0.5) is 0 Å². The van der Waals surface area contributed by atoms with Gasteiger partial charge in [0.2, 0.25) is 0 Å². The van der Waals surface area contributed by atoms with Crippen molar-refractivity contribution >= 4 is 38.4 Å². The molecular weight excluding hydrogens is 263 g/mol. The van der Waals surface area contributed by atoms with Gasteiger partial charge in [0, 0.05) is 22.0 Å². The van der Waals surface area contributed by atoms with Gasteiger partial charge in [0.25, 0.3) is 0 Å². The SMILES string of the molecule is NCCc1[nH]c2c(Br)cccc2c1Cl. The van der Waals surface area contributed by atoms with E-state index < -0.39 is 0 Å². The van der Waals surface area contributed by atoms with Gasteiger partial charge < -0.3 is 10.7 Å². The smallest absolute Gasteiger partial charge is 0.0692 e. The predicted octanol–water partition coefficient (Wildman–Crippen LogP) is 3.09. The molecule has 0 spiro atoms. The standard InChI is InChI=1S/C10H10BrClN2/c11-7-3-1-2-6-9(12)8(4-5-13)14-10(6)7/h1-3,14H,4-5,13H2. The van der Waals surface area contributed by atoms with E-state index in [2.05, 4.69) is 20.9 Å². The number of nitrogens with one attached hydrogen (secondary N) is 1. The van der Waals surface area contributed by atoms with Gasteiger partial charge in [0.1, 0.15) is 0 Å². The lowest BCUT2D eigenvalue weighted by Crippen LogP contribution is -2.02. The second-order valence-electron chi connectivity index (χ2n) is 3.12. The van der Waals surface area contributed by atoms with Crippen molar-refractivity contribution in [3.05, 3.63) is 33.4 Å². The minimum absolute atomic E-state index is 0.601. The maximum Gasteiger partial charge on any atom is 0.0692 e. The second-order valence-corrected chi connectivity index (χ2v) is 4.35. The molecular formula is C10H10BrClN2. The Labute approximate surface area is 95.6 Å². The van der Waals surface area contributed by atoms with E-state index >= 15 is 0 Å². The molecule has 2 nitrogen and oxygen atoms in total. The summed E-state index contributed by atoms with van der Waals surface area (Å²) in [5.74, 6) is 0. The number of hydrogen-bond acceptors (Lipinski definition) is 1. The minimum Gasteiger partial charge on any atom is -0.356 e. The summed E-state index contributed by atoms with van der Waals surface area (Å²) in [5.41, 5.74) is 7.55. The number of nitrogens with two attached hydrogens (primary N) is 1. The summed E-state index contributed by atoms with van der Waals surface area (Å²) in [6.07, 6.45) is 0.778. The first-order chi connectivity index (χ1) is 6.74. The molecule has 14 heavy (non-hydrogen) atoms. The number of H-pyrrole nitrogens is 1. The molecule has 0 unspecified atom stereocenters. The average Bonchev–Trinajstić information content (AvgIpc) is 2.48. The van der Waals surface area contributed by atoms with Crippen LogP contribution in [0.1, 0.15) is 5.69 Å². The summed E-state index contributed by atoms with van der Waals surface area (Å²) in [6.45, 7) is 0.601. The van der Waals surface area contributed by atoms with Crippen molar-refractivity contribution < 1.29 is 0 Å². The molecule has 0 aliphatic heterocycles. The Balaban J connectivity index is 2.67. The van der Waals surface area contributed by atoms with Gasteiger partial charge in [-0.1, -0.05) is 23.7 Å². The van der Waals surface area contributed by atoms with Crippen LogP contribution in [0.15, 0.2) is 22.7 Å². The molecule has 2 rings (SSSR count). The van der Waals surface area contributed by atoms with Crippen LogP contribution in [-0.2, 0) is 6.42 Å². The number of aromatic nitrogens is 1. The summed E-state index contributed by atoms with van der Waals surface area (Å²) in [4.78, 5) is 3.27. The van der Waals surface area contributed by atoms with E-state index in [1.165, 1.54) is 0 Å². The molecule has 0 radical (unpaired) electrons. The molecule has 0 aliphatic carbocycles. The molecule has 3 N–H and O–H groups in total. The van der Waals surface area contributed by atoms with E-state index in [1.807, 2.05) is 18.2 Å². The number of rotatable bonds is 2. The third-order valence-corrected chi connectivity index (χ3v) is 3.28. The second kappa shape index (κ2) is 3.93. The molecule has 1 aromatic carbocycles. The van der Waals surface area contributed by atoms with Gasteiger partial charge in [-0.25, -0.2) is 0 Å². The molecule has 0 atom stereocenters. The zero-order valence-electron chi connectivity index (χ0n) is 7.48. The highest BCUT2D eigenvalue weighted by Crippen LogP contribution is 2.31. The molecule has 0 bridgehead atoms. The summed E-state index contributed by atoms with van der Waals surface area (Å²) < 4.78 is 1.03. The van der Waals surface area contributed by atoms with Crippen LogP contribution in [0.3, 0.4) is 0 Å². The maximum atomic E-state index is 6.20. The van der Waals surface area contributed by atoms with E-state index in [0.717, 1.165) is 32.5 Å². The number of halogens is 2. The first kappa shape index (κ1) is 10.0. The van der Waals surface area contributed by atoms with E-state index in [9.17, 15) is 0 Å². The number of hydrogen-bond donors (Lipinski definition) is 2. The average molecular weight is 274 g/mol. The van der Waals surface area contributed by atoms with Gasteiger partial charge in [-0.3, -0.25) is 0 Å². The van der Waals surface area contributed by atoms with Crippen LogP contribution >= 0.6 is 27.5 Å². The highest BCUT2D eigenvalue weighted by atomic mass is 79.9. The van der Waals surface area contributed by atoms with E-state index in [1.54, 1.807) is 0 Å². The Hall–Kier alpha value is -0.510. The fourth-order valence-corrected chi connectivity index (χ4v) is 2.28. The van der Waals surface area contributed by atoms with Gasteiger partial charge in [-0.05, 0) is 28.5 Å². The maximum absolute atomic E-state index is 6.20. The number of aromatic amines is 1. The molecule has 0 saturated heterocycles. The monoisotopic (exact) mass is 272 g/mol. The van der Waals surface area contributed by atoms with Crippen LogP contribution in [-0.4, -0.2) is 11.5 Å². The number of fused-ring (bicyclic) bond motifs is 1. The van der Waals surface area contributed by atoms with Gasteiger partial charge in [-0.2, -0.15) is 0 Å². The molecule has 2 aromatic rings. The minimum atomic E-state index is 0.601. The lowest BCUT2D eigenvalue weighted by molar-refractivity contribution is 0.939. The van der Waals surface area contributed by atoms with Crippen molar-refractivity contribution in [2.45, 2.75) is 6.42 Å². The number of para-hydroxylation sites is 1. The van der Waals surface area contributed by atoms with Crippen LogP contribution in [0.25, 0.3) is 10.9 Å². The Kier molecular flexibility index (Phi) is 2.81. The fraction of sp³-hybridized carbons (Fsp3) is 0.200. The van der Waals surface area contributed by atoms with Crippen LogP contribution in [0.2, 0.25) is 5.02 Å². The molecule has 1 heterocycles. The lowest BCUT2D eigenvalue weighted by Gasteiger charge is -1.92. The molecule has 0 fully saturated rings. The highest BCUT2D eigenvalue weighted by Gasteiger charge is 2.09. The van der Waals surface area contributed by atoms with Crippen molar-refractivity contribution in [1.82, 2.24) is 4.98 Å². The molecule has 74 valence electrons. The topological polar surface area (TPSA) is 41.8 Å². The summed E-state index contributed by atoms with van der Waals surface area (Å²) >= 11 is 9.67. The van der Waals surface area contributed by atoms with Crippen LogP contribution in [0, 0.1) is 0 Å². The van der Waals surface area contributed by atoms with E-state index in [0.29, 0.717) is 6.54 Å². The van der Waals surface area contributed by atoms with Gasteiger partial charge in [0.15, 0.2) is 0 Å². The summed E-state index contributed by atoms with van der Waals surface area (Å²) in [7, 11) is 0. The quantitative estimate of drug-likeness (QED) is 0.867. The molecule has 4 heteroatoms. The molecule has 0 saturated carbocycles. The van der Waals surface area contributed by atoms with E-state index in [-0.39, 0.29) is 0 Å². The first-order valence-corrected chi connectivity index (χ1v) is 5.55. The predicted molar refractivity (Wildman–Crippen MR) is 63.8 cm³/mol. The highest BCUT2D eigenvalue weighted by molar-refractivity contribution is 9.10. The first-order valence-electron chi connectivity index (χ1n) is 4.38. The Morgan fingerprint density at radius 2 is 2.21 bits per heavy atom. The number of benzene rings is 1. The molecule has 0 aliphatic rings. The Bertz CT molecular complexity index is 464. The van der Waals surface area contributed by atoms with Crippen LogP contribution < -0.4 is 5.73 Å². The summed E-state index contributed by atoms with van der Waals surface area (Å²) in [5, 5.41) is 1.83. The Morgan fingerprint density at radius 1 is 1.43 bits per heavy atom. The van der Waals surface area contributed by atoms with Crippen molar-refractivity contribution in [2.75, 3.05) is 6.54 Å². The normalized spacial score (nSPS) is 11.1. The summed E-state index contributed by atoms with van der Waals surface area (Å²) in [6, 6.07) is 5.96. The zero-order valence-corrected chi connectivity index (χ0v) is 9.82. The lowest BCUT2D eigenvalue weighted by atomic mass is 10.2. The Morgan fingerprint density at radius 3 is 2.86 bits per heavy atom. The largest absolute Gasteiger partial charge is 0.356 e. The molecule has 1 aromatic heterocycles. The third kappa shape index (κ3) is 1.56. The van der Waals surface area contributed by atoms with Gasteiger partial charge in [0.05, 0.1) is 10.5 Å². The van der Waals surface area contributed by atoms with Gasteiger partial charge in [-0.15, -0.1) is 0 Å². The van der Waals surface area contributed by atoms with Crippen molar-refractivity contribution in [3.63, 3.8) is 0 Å². The van der Waals surface area contributed by atoms with E-state index in [4.69, 9.17) is 17.3 Å². The van der Waals surface area contributed by atoms with Gasteiger partial charge >= 0.3 is 0 Å². The van der Waals surface area contributed by atoms with Crippen molar-refractivity contribution in [3.8, 4) is 0 Å². The van der Waals surface area contributed by atoms with Crippen molar-refractivity contribution in [1.29, 1.82) is 0 Å². The zero-order chi connectivity index (χ0) is 10.1. The molecule has 0 amide bonds. The third-order valence-electron chi connectivity index (χ3n) is 2.19. The van der Waals surface area contributed by atoms with Crippen LogP contribution in [0.5, 0.6) is 0 Å². The fourth-order valence-electron chi connectivity index (χ4n) is 1.52.